The van der Waals surface area contributed by atoms with Crippen LogP contribution in [0.4, 0.5) is 0 Å². The molecule has 0 aromatic heterocycles. The molecular weight excluding hydrogens is 276 g/mol. The monoisotopic (exact) mass is 302 g/mol. The van der Waals surface area contributed by atoms with E-state index < -0.39 is 12.2 Å². The van der Waals surface area contributed by atoms with Crippen LogP contribution < -0.4 is 0 Å². The fraction of sp³-hybridized carbons (Fsp3) is 0.867. The second-order valence-electron chi connectivity index (χ2n) is 5.90. The lowest BCUT2D eigenvalue weighted by Gasteiger charge is -2.29. The van der Waals surface area contributed by atoms with Crippen molar-refractivity contribution in [2.24, 2.45) is 11.8 Å². The molecular formula is C15H26O6. The average molecular weight is 302 g/mol. The molecule has 0 aliphatic carbocycles. The predicted octanol–water partition coefficient (Wildman–Crippen LogP) is 1.03. The minimum absolute atomic E-state index is 0.0753. The Morgan fingerprint density at radius 3 is 1.86 bits per heavy atom. The van der Waals surface area contributed by atoms with E-state index in [1.807, 2.05) is 6.92 Å². The minimum Gasteiger partial charge on any atom is -0.462 e. The van der Waals surface area contributed by atoms with Crippen molar-refractivity contribution in [3.8, 4) is 0 Å². The lowest BCUT2D eigenvalue weighted by molar-refractivity contribution is -0.169. The molecule has 2 aliphatic heterocycles. The van der Waals surface area contributed by atoms with Crippen LogP contribution in [0.25, 0.3) is 0 Å². The Kier molecular flexibility index (Phi) is 6.61. The predicted molar refractivity (Wildman–Crippen MR) is 75.3 cm³/mol. The van der Waals surface area contributed by atoms with Crippen molar-refractivity contribution in [3.63, 3.8) is 0 Å². The number of esters is 2. The van der Waals surface area contributed by atoms with Crippen molar-refractivity contribution in [2.45, 2.75) is 71.4 Å². The number of rotatable bonds is 1. The van der Waals surface area contributed by atoms with Crippen LogP contribution in [0.3, 0.4) is 0 Å². The van der Waals surface area contributed by atoms with Crippen molar-refractivity contribution in [2.75, 3.05) is 0 Å². The number of carbonyl (C=O) groups is 2. The van der Waals surface area contributed by atoms with E-state index >= 15 is 0 Å². The molecule has 0 radical (unpaired) electrons. The molecule has 0 aromatic rings. The standard InChI is InChI=1S/C8H14O3.C7H12O3/c1-3-6-4-7(9)5(2)8(10)11-6;1-4-3-6(8)5(2)7(9)10-4/h5-7,9H,3-4H2,1-2H3;4-6,8H,3H2,1-2H3/t5?,6-,7+;4-,5?,6+/m11/s1. The maximum atomic E-state index is 11.0. The number of carbonyl (C=O) groups excluding carboxylic acids is 2. The smallest absolute Gasteiger partial charge is 0.311 e. The molecule has 2 unspecified atom stereocenters. The van der Waals surface area contributed by atoms with E-state index in [4.69, 9.17) is 9.47 Å². The number of aliphatic hydroxyl groups excluding tert-OH is 2. The van der Waals surface area contributed by atoms with Gasteiger partial charge in [0.1, 0.15) is 12.2 Å². The Labute approximate surface area is 125 Å². The summed E-state index contributed by atoms with van der Waals surface area (Å²) in [6, 6.07) is 0. The van der Waals surface area contributed by atoms with Crippen LogP contribution in [-0.2, 0) is 19.1 Å². The van der Waals surface area contributed by atoms with Gasteiger partial charge in [-0.3, -0.25) is 9.59 Å². The second-order valence-corrected chi connectivity index (χ2v) is 5.90. The van der Waals surface area contributed by atoms with E-state index in [9.17, 15) is 19.8 Å². The number of ether oxygens (including phenoxy) is 2. The lowest BCUT2D eigenvalue weighted by atomic mass is 9.95. The summed E-state index contributed by atoms with van der Waals surface area (Å²) in [6.45, 7) is 7.10. The Morgan fingerprint density at radius 1 is 0.952 bits per heavy atom. The zero-order valence-corrected chi connectivity index (χ0v) is 13.1. The van der Waals surface area contributed by atoms with Gasteiger partial charge in [0.2, 0.25) is 0 Å². The van der Waals surface area contributed by atoms with Crippen LogP contribution in [0, 0.1) is 11.8 Å². The molecule has 122 valence electrons. The van der Waals surface area contributed by atoms with Crippen molar-refractivity contribution in [3.05, 3.63) is 0 Å². The number of hydrogen-bond acceptors (Lipinski definition) is 6. The van der Waals surface area contributed by atoms with E-state index in [1.54, 1.807) is 20.8 Å². The normalized spacial score (nSPS) is 39.7. The zero-order valence-electron chi connectivity index (χ0n) is 13.1. The summed E-state index contributed by atoms with van der Waals surface area (Å²) in [4.78, 5) is 21.8. The van der Waals surface area contributed by atoms with Gasteiger partial charge in [0, 0.05) is 12.8 Å². The molecule has 0 amide bonds. The Morgan fingerprint density at radius 2 is 1.43 bits per heavy atom. The quantitative estimate of drug-likeness (QED) is 0.703. The highest BCUT2D eigenvalue weighted by atomic mass is 16.6. The van der Waals surface area contributed by atoms with Crippen molar-refractivity contribution in [1.82, 2.24) is 0 Å². The van der Waals surface area contributed by atoms with Gasteiger partial charge in [0.05, 0.1) is 24.0 Å². The van der Waals surface area contributed by atoms with Gasteiger partial charge in [-0.05, 0) is 27.2 Å². The first kappa shape index (κ1) is 17.9. The van der Waals surface area contributed by atoms with Gasteiger partial charge in [0.15, 0.2) is 0 Å². The second kappa shape index (κ2) is 7.75. The SMILES string of the molecule is CC1C(=O)O[C@H](C)C[C@@H]1O.CC[C@@H]1C[C@H](O)C(C)C(=O)O1. The highest BCUT2D eigenvalue weighted by Gasteiger charge is 2.33. The molecule has 0 bridgehead atoms. The molecule has 2 rings (SSSR count). The zero-order chi connectivity index (χ0) is 16.2. The third-order valence-corrected chi connectivity index (χ3v) is 4.03. The number of aliphatic hydroxyl groups is 2. The van der Waals surface area contributed by atoms with Gasteiger partial charge in [-0.25, -0.2) is 0 Å². The van der Waals surface area contributed by atoms with Gasteiger partial charge in [-0.1, -0.05) is 6.92 Å². The van der Waals surface area contributed by atoms with Gasteiger partial charge in [-0.15, -0.1) is 0 Å². The van der Waals surface area contributed by atoms with Crippen LogP contribution in [0.1, 0.15) is 47.0 Å². The molecule has 0 saturated carbocycles. The van der Waals surface area contributed by atoms with Crippen LogP contribution in [-0.4, -0.2) is 46.6 Å². The molecule has 0 spiro atoms. The fourth-order valence-electron chi connectivity index (χ4n) is 2.26. The maximum Gasteiger partial charge on any atom is 0.311 e. The summed E-state index contributed by atoms with van der Waals surface area (Å²) < 4.78 is 9.89. The first-order chi connectivity index (χ1) is 9.76. The fourth-order valence-corrected chi connectivity index (χ4v) is 2.26. The molecule has 6 atom stereocenters. The minimum atomic E-state index is -0.517. The van der Waals surface area contributed by atoms with E-state index in [0.29, 0.717) is 12.8 Å². The highest BCUT2D eigenvalue weighted by molar-refractivity contribution is 5.74. The van der Waals surface area contributed by atoms with Crippen LogP contribution in [0.2, 0.25) is 0 Å². The first-order valence-corrected chi connectivity index (χ1v) is 7.53. The summed E-state index contributed by atoms with van der Waals surface area (Å²) in [5, 5.41) is 18.6. The summed E-state index contributed by atoms with van der Waals surface area (Å²) in [5.74, 6) is -1.25. The molecule has 2 heterocycles. The van der Waals surface area contributed by atoms with Gasteiger partial charge >= 0.3 is 11.9 Å². The Hall–Kier alpha value is -1.14. The van der Waals surface area contributed by atoms with E-state index in [1.165, 1.54) is 0 Å². The van der Waals surface area contributed by atoms with E-state index in [-0.39, 0.29) is 36.0 Å². The van der Waals surface area contributed by atoms with Crippen molar-refractivity contribution >= 4 is 11.9 Å². The number of cyclic esters (lactones) is 2. The van der Waals surface area contributed by atoms with E-state index in [2.05, 4.69) is 0 Å². The van der Waals surface area contributed by atoms with Crippen LogP contribution in [0.15, 0.2) is 0 Å². The summed E-state index contributed by atoms with van der Waals surface area (Å²) >= 11 is 0. The van der Waals surface area contributed by atoms with Crippen molar-refractivity contribution < 1.29 is 29.3 Å². The summed E-state index contributed by atoms with van der Waals surface area (Å²) in [5.41, 5.74) is 0. The van der Waals surface area contributed by atoms with Crippen LogP contribution in [0.5, 0.6) is 0 Å². The average Bonchev–Trinajstić information content (AvgIpc) is 2.42. The van der Waals surface area contributed by atoms with Gasteiger partial charge in [-0.2, -0.15) is 0 Å². The molecule has 6 nitrogen and oxygen atoms in total. The van der Waals surface area contributed by atoms with Gasteiger partial charge < -0.3 is 19.7 Å². The molecule has 2 N–H and O–H groups in total. The molecule has 0 aromatic carbocycles. The lowest BCUT2D eigenvalue weighted by Crippen LogP contribution is -2.39. The maximum absolute atomic E-state index is 11.0. The summed E-state index contributed by atoms with van der Waals surface area (Å²) in [7, 11) is 0. The molecule has 2 aliphatic rings. The van der Waals surface area contributed by atoms with Crippen molar-refractivity contribution in [1.29, 1.82) is 0 Å². The summed E-state index contributed by atoms with van der Waals surface area (Å²) in [6.07, 6.45) is 0.705. The third-order valence-electron chi connectivity index (χ3n) is 4.03. The van der Waals surface area contributed by atoms with E-state index in [0.717, 1.165) is 6.42 Å². The Bertz CT molecular complexity index is 369. The third kappa shape index (κ3) is 4.97. The first-order valence-electron chi connectivity index (χ1n) is 7.53. The highest BCUT2D eigenvalue weighted by Crippen LogP contribution is 2.22. The molecule has 2 saturated heterocycles. The molecule has 6 heteroatoms. The Balaban J connectivity index is 0.000000211. The largest absolute Gasteiger partial charge is 0.462 e. The van der Waals surface area contributed by atoms with Crippen LogP contribution >= 0.6 is 0 Å². The van der Waals surface area contributed by atoms with Gasteiger partial charge in [0.25, 0.3) is 0 Å². The molecule has 2 fully saturated rings. The molecule has 21 heavy (non-hydrogen) atoms. The number of hydrogen-bond donors (Lipinski definition) is 2. The topological polar surface area (TPSA) is 93.1 Å².